The third-order valence-corrected chi connectivity index (χ3v) is 2.64. The first-order valence-electron chi connectivity index (χ1n) is 4.69. The monoisotopic (exact) mass is 157 g/mol. The Kier molecular flexibility index (Phi) is 3.34. The average Bonchev–Trinajstić information content (AvgIpc) is 2.40. The maximum Gasteiger partial charge on any atom is 0.104 e. The zero-order valence-electron chi connectivity index (χ0n) is 7.58. The average molecular weight is 157 g/mol. The van der Waals surface area contributed by atoms with Gasteiger partial charge in [0.25, 0.3) is 0 Å². The van der Waals surface area contributed by atoms with Gasteiger partial charge >= 0.3 is 0 Å². The lowest BCUT2D eigenvalue weighted by Crippen LogP contribution is -2.40. The van der Waals surface area contributed by atoms with Gasteiger partial charge in [0, 0.05) is 6.04 Å². The van der Waals surface area contributed by atoms with Crippen LogP contribution in [0, 0.1) is 0 Å². The Hall–Kier alpha value is -0.0800. The van der Waals surface area contributed by atoms with Crippen molar-refractivity contribution in [1.29, 1.82) is 0 Å². The van der Waals surface area contributed by atoms with Gasteiger partial charge in [-0.05, 0) is 26.3 Å². The van der Waals surface area contributed by atoms with Crippen LogP contribution < -0.4 is 0 Å². The van der Waals surface area contributed by atoms with Crippen LogP contribution in [-0.2, 0) is 0 Å². The lowest BCUT2D eigenvalue weighted by molar-refractivity contribution is -0.00620. The minimum absolute atomic E-state index is 0.261. The summed E-state index contributed by atoms with van der Waals surface area (Å²) >= 11 is 0. The molecule has 0 aromatic carbocycles. The first-order chi connectivity index (χ1) is 5.25. The van der Waals surface area contributed by atoms with Gasteiger partial charge in [-0.15, -0.1) is 0 Å². The molecule has 1 rings (SSSR count). The predicted molar refractivity (Wildman–Crippen MR) is 46.3 cm³/mol. The highest BCUT2D eigenvalue weighted by atomic mass is 16.3. The van der Waals surface area contributed by atoms with E-state index in [0.717, 1.165) is 6.54 Å². The Morgan fingerprint density at radius 3 is 2.36 bits per heavy atom. The van der Waals surface area contributed by atoms with E-state index in [1.807, 2.05) is 6.92 Å². The van der Waals surface area contributed by atoms with Crippen molar-refractivity contribution >= 4 is 0 Å². The molecule has 0 aromatic rings. The zero-order chi connectivity index (χ0) is 8.27. The summed E-state index contributed by atoms with van der Waals surface area (Å²) in [6, 6.07) is 0.653. The lowest BCUT2D eigenvalue weighted by Gasteiger charge is -2.29. The van der Waals surface area contributed by atoms with Crippen LogP contribution in [-0.4, -0.2) is 28.8 Å². The largest absolute Gasteiger partial charge is 0.379 e. The highest BCUT2D eigenvalue weighted by molar-refractivity contribution is 4.76. The number of aliphatic hydroxyl groups is 1. The molecule has 0 aromatic heterocycles. The van der Waals surface area contributed by atoms with Gasteiger partial charge in [-0.2, -0.15) is 0 Å². The number of hydrogen-bond acceptors (Lipinski definition) is 2. The maximum absolute atomic E-state index is 9.40. The summed E-state index contributed by atoms with van der Waals surface area (Å²) in [6.07, 6.45) is 4.97. The molecule has 1 atom stereocenters. The third kappa shape index (κ3) is 2.17. The smallest absolute Gasteiger partial charge is 0.104 e. The van der Waals surface area contributed by atoms with Gasteiger partial charge < -0.3 is 5.11 Å². The fourth-order valence-corrected chi connectivity index (χ4v) is 2.06. The summed E-state index contributed by atoms with van der Waals surface area (Å²) in [5, 5.41) is 9.40. The molecule has 0 bridgehead atoms. The van der Waals surface area contributed by atoms with Crippen LogP contribution in [0.2, 0.25) is 0 Å². The van der Waals surface area contributed by atoms with Crippen molar-refractivity contribution in [3.05, 3.63) is 0 Å². The van der Waals surface area contributed by atoms with E-state index in [1.54, 1.807) is 0 Å². The van der Waals surface area contributed by atoms with Gasteiger partial charge in [0.15, 0.2) is 0 Å². The Bertz CT molecular complexity index is 108. The quantitative estimate of drug-likeness (QED) is 0.629. The van der Waals surface area contributed by atoms with E-state index in [0.29, 0.717) is 6.04 Å². The number of hydrogen-bond donors (Lipinski definition) is 1. The van der Waals surface area contributed by atoms with Crippen LogP contribution in [0.3, 0.4) is 0 Å². The van der Waals surface area contributed by atoms with E-state index in [1.165, 1.54) is 25.7 Å². The topological polar surface area (TPSA) is 23.5 Å². The van der Waals surface area contributed by atoms with Crippen molar-refractivity contribution < 1.29 is 5.11 Å². The molecule has 2 nitrogen and oxygen atoms in total. The predicted octanol–water partition coefficient (Wildman–Crippen LogP) is 1.59. The van der Waals surface area contributed by atoms with Crippen molar-refractivity contribution in [1.82, 2.24) is 4.90 Å². The fourth-order valence-electron chi connectivity index (χ4n) is 2.06. The van der Waals surface area contributed by atoms with E-state index in [4.69, 9.17) is 0 Å². The molecule has 0 spiro atoms. The van der Waals surface area contributed by atoms with Gasteiger partial charge in [-0.3, -0.25) is 4.90 Å². The number of rotatable bonds is 3. The summed E-state index contributed by atoms with van der Waals surface area (Å²) in [4.78, 5) is 2.19. The van der Waals surface area contributed by atoms with Crippen molar-refractivity contribution in [3.8, 4) is 0 Å². The third-order valence-electron chi connectivity index (χ3n) is 2.64. The van der Waals surface area contributed by atoms with Crippen molar-refractivity contribution in [2.45, 2.75) is 51.8 Å². The fraction of sp³-hybridized carbons (Fsp3) is 1.00. The van der Waals surface area contributed by atoms with E-state index in [9.17, 15) is 5.11 Å². The molecule has 0 heterocycles. The van der Waals surface area contributed by atoms with Crippen LogP contribution in [0.25, 0.3) is 0 Å². The van der Waals surface area contributed by atoms with E-state index < -0.39 is 0 Å². The molecule has 1 saturated carbocycles. The molecule has 0 aliphatic heterocycles. The second-order valence-electron chi connectivity index (χ2n) is 3.40. The Labute approximate surface area is 69.2 Å². The first kappa shape index (κ1) is 9.01. The SMILES string of the molecule is CCN(C(C)O)C1CCCC1. The van der Waals surface area contributed by atoms with E-state index >= 15 is 0 Å². The molecule has 1 aliphatic rings. The molecule has 0 amide bonds. The number of nitrogens with zero attached hydrogens (tertiary/aromatic N) is 1. The van der Waals surface area contributed by atoms with Crippen LogP contribution in [0.5, 0.6) is 0 Å². The summed E-state index contributed by atoms with van der Waals surface area (Å²) in [6.45, 7) is 4.95. The summed E-state index contributed by atoms with van der Waals surface area (Å²) < 4.78 is 0. The molecular formula is C9H19NO. The molecule has 66 valence electrons. The second kappa shape index (κ2) is 4.07. The minimum Gasteiger partial charge on any atom is -0.379 e. The van der Waals surface area contributed by atoms with Crippen LogP contribution in [0.1, 0.15) is 39.5 Å². The van der Waals surface area contributed by atoms with Crippen LogP contribution in [0.15, 0.2) is 0 Å². The Balaban J connectivity index is 2.40. The van der Waals surface area contributed by atoms with Gasteiger partial charge in [0.2, 0.25) is 0 Å². The lowest BCUT2D eigenvalue weighted by atomic mass is 10.2. The zero-order valence-corrected chi connectivity index (χ0v) is 7.58. The van der Waals surface area contributed by atoms with Gasteiger partial charge in [-0.25, -0.2) is 0 Å². The van der Waals surface area contributed by atoms with Crippen LogP contribution in [0.4, 0.5) is 0 Å². The molecule has 1 N–H and O–H groups in total. The molecule has 1 unspecified atom stereocenters. The summed E-state index contributed by atoms with van der Waals surface area (Å²) in [5.74, 6) is 0. The molecular weight excluding hydrogens is 138 g/mol. The van der Waals surface area contributed by atoms with Crippen molar-refractivity contribution in [3.63, 3.8) is 0 Å². The second-order valence-corrected chi connectivity index (χ2v) is 3.40. The van der Waals surface area contributed by atoms with Gasteiger partial charge in [0.1, 0.15) is 6.23 Å². The van der Waals surface area contributed by atoms with Gasteiger partial charge in [0.05, 0.1) is 0 Å². The van der Waals surface area contributed by atoms with Crippen molar-refractivity contribution in [2.24, 2.45) is 0 Å². The molecule has 0 saturated heterocycles. The summed E-state index contributed by atoms with van der Waals surface area (Å²) in [5.41, 5.74) is 0. The number of aliphatic hydroxyl groups excluding tert-OH is 1. The highest BCUT2D eigenvalue weighted by Crippen LogP contribution is 2.24. The molecule has 1 fully saturated rings. The van der Waals surface area contributed by atoms with E-state index in [2.05, 4.69) is 11.8 Å². The molecule has 2 heteroatoms. The Morgan fingerprint density at radius 2 is 2.00 bits per heavy atom. The van der Waals surface area contributed by atoms with Gasteiger partial charge in [-0.1, -0.05) is 19.8 Å². The van der Waals surface area contributed by atoms with E-state index in [-0.39, 0.29) is 6.23 Å². The maximum atomic E-state index is 9.40. The molecule has 0 radical (unpaired) electrons. The normalized spacial score (nSPS) is 22.9. The first-order valence-corrected chi connectivity index (χ1v) is 4.69. The minimum atomic E-state index is -0.261. The molecule has 11 heavy (non-hydrogen) atoms. The standard InChI is InChI=1S/C9H19NO/c1-3-10(8(2)11)9-6-4-5-7-9/h8-9,11H,3-7H2,1-2H3. The Morgan fingerprint density at radius 1 is 1.45 bits per heavy atom. The van der Waals surface area contributed by atoms with Crippen LogP contribution >= 0.6 is 0 Å². The highest BCUT2D eigenvalue weighted by Gasteiger charge is 2.23. The molecule has 1 aliphatic carbocycles. The summed E-state index contributed by atoms with van der Waals surface area (Å²) in [7, 11) is 0. The van der Waals surface area contributed by atoms with Crippen molar-refractivity contribution in [2.75, 3.05) is 6.54 Å².